The van der Waals surface area contributed by atoms with Crippen molar-refractivity contribution in [3.05, 3.63) is 35.9 Å². The maximum atomic E-state index is 12.2. The van der Waals surface area contributed by atoms with Crippen molar-refractivity contribution in [3.63, 3.8) is 0 Å². The Morgan fingerprint density at radius 3 is 2.58 bits per heavy atom. The average Bonchev–Trinajstić information content (AvgIpc) is 2.83. The minimum absolute atomic E-state index is 0.0294. The van der Waals surface area contributed by atoms with Crippen LogP contribution in [-0.4, -0.2) is 23.9 Å². The molecule has 4 nitrogen and oxygen atoms in total. The molecule has 4 heteroatoms. The van der Waals surface area contributed by atoms with E-state index < -0.39 is 6.04 Å². The number of rotatable bonds is 2. The molecule has 3 atom stereocenters. The molecule has 2 aliphatic rings. The first kappa shape index (κ1) is 12.2. The highest BCUT2D eigenvalue weighted by molar-refractivity contribution is 5.92. The molecule has 1 aliphatic heterocycles. The SMILES string of the molecule is O=C1N[C@@H](Cc2ccccc2)C(=O)NC2CCCC12. The minimum Gasteiger partial charge on any atom is -0.351 e. The monoisotopic (exact) mass is 258 g/mol. The highest BCUT2D eigenvalue weighted by Gasteiger charge is 2.39. The first-order valence-corrected chi connectivity index (χ1v) is 6.89. The van der Waals surface area contributed by atoms with E-state index in [-0.39, 0.29) is 23.8 Å². The van der Waals surface area contributed by atoms with Crippen LogP contribution >= 0.6 is 0 Å². The number of amides is 2. The van der Waals surface area contributed by atoms with Gasteiger partial charge in [-0.15, -0.1) is 0 Å². The Morgan fingerprint density at radius 1 is 1.00 bits per heavy atom. The van der Waals surface area contributed by atoms with Crippen molar-refractivity contribution < 1.29 is 9.59 Å². The quantitative estimate of drug-likeness (QED) is 0.832. The highest BCUT2D eigenvalue weighted by atomic mass is 16.2. The van der Waals surface area contributed by atoms with Crippen LogP contribution in [0.4, 0.5) is 0 Å². The van der Waals surface area contributed by atoms with Crippen LogP contribution in [0.1, 0.15) is 24.8 Å². The molecule has 100 valence electrons. The van der Waals surface area contributed by atoms with Gasteiger partial charge in [-0.05, 0) is 18.4 Å². The molecule has 0 bridgehead atoms. The Kier molecular flexibility index (Phi) is 3.23. The van der Waals surface area contributed by atoms with E-state index in [0.29, 0.717) is 6.42 Å². The predicted octanol–water partition coefficient (Wildman–Crippen LogP) is 1.01. The van der Waals surface area contributed by atoms with Crippen LogP contribution in [0.5, 0.6) is 0 Å². The summed E-state index contributed by atoms with van der Waals surface area (Å²) >= 11 is 0. The van der Waals surface area contributed by atoms with Crippen LogP contribution in [0.3, 0.4) is 0 Å². The molecule has 1 aromatic carbocycles. The molecule has 2 unspecified atom stereocenters. The van der Waals surface area contributed by atoms with Gasteiger partial charge in [-0.3, -0.25) is 9.59 Å². The molecule has 2 amide bonds. The number of carbonyl (C=O) groups is 2. The minimum atomic E-state index is -0.444. The van der Waals surface area contributed by atoms with Gasteiger partial charge in [-0.1, -0.05) is 36.8 Å². The molecule has 1 saturated carbocycles. The normalized spacial score (nSPS) is 30.2. The summed E-state index contributed by atoms with van der Waals surface area (Å²) in [4.78, 5) is 24.3. The lowest BCUT2D eigenvalue weighted by atomic mass is 10.0. The zero-order valence-corrected chi connectivity index (χ0v) is 10.8. The number of hydrogen-bond acceptors (Lipinski definition) is 2. The summed E-state index contributed by atoms with van der Waals surface area (Å²) < 4.78 is 0. The van der Waals surface area contributed by atoms with E-state index in [2.05, 4.69) is 10.6 Å². The van der Waals surface area contributed by atoms with Crippen LogP contribution in [0.25, 0.3) is 0 Å². The van der Waals surface area contributed by atoms with Gasteiger partial charge in [0.05, 0.1) is 5.92 Å². The molecule has 0 aromatic heterocycles. The van der Waals surface area contributed by atoms with E-state index >= 15 is 0 Å². The van der Waals surface area contributed by atoms with Gasteiger partial charge in [0.25, 0.3) is 0 Å². The maximum Gasteiger partial charge on any atom is 0.243 e. The number of benzene rings is 1. The Balaban J connectivity index is 1.75. The van der Waals surface area contributed by atoms with Gasteiger partial charge in [-0.25, -0.2) is 0 Å². The maximum absolute atomic E-state index is 12.2. The Hall–Kier alpha value is -1.84. The lowest BCUT2D eigenvalue weighted by Gasteiger charge is -2.15. The summed E-state index contributed by atoms with van der Waals surface area (Å²) in [5.41, 5.74) is 1.06. The number of carbonyl (C=O) groups excluding carboxylic acids is 2. The Morgan fingerprint density at radius 2 is 1.79 bits per heavy atom. The second-order valence-corrected chi connectivity index (χ2v) is 5.40. The lowest BCUT2D eigenvalue weighted by Crippen LogP contribution is -2.45. The van der Waals surface area contributed by atoms with E-state index in [0.717, 1.165) is 24.8 Å². The largest absolute Gasteiger partial charge is 0.351 e. The summed E-state index contributed by atoms with van der Waals surface area (Å²) in [5, 5.41) is 5.92. The summed E-state index contributed by atoms with van der Waals surface area (Å²) in [7, 11) is 0. The molecule has 0 radical (unpaired) electrons. The van der Waals surface area contributed by atoms with Crippen molar-refractivity contribution in [1.82, 2.24) is 10.6 Å². The van der Waals surface area contributed by atoms with Gasteiger partial charge in [0.1, 0.15) is 6.04 Å². The molecule has 0 spiro atoms. The van der Waals surface area contributed by atoms with Crippen LogP contribution in [0.2, 0.25) is 0 Å². The summed E-state index contributed by atoms with van der Waals surface area (Å²) in [6, 6.07) is 9.38. The van der Waals surface area contributed by atoms with Crippen LogP contribution in [0, 0.1) is 5.92 Å². The van der Waals surface area contributed by atoms with Crippen LogP contribution in [0.15, 0.2) is 30.3 Å². The Bertz CT molecular complexity index is 486. The predicted molar refractivity (Wildman–Crippen MR) is 71.3 cm³/mol. The smallest absolute Gasteiger partial charge is 0.243 e. The van der Waals surface area contributed by atoms with E-state index in [1.807, 2.05) is 30.3 Å². The van der Waals surface area contributed by atoms with Crippen molar-refractivity contribution in [3.8, 4) is 0 Å². The molecular weight excluding hydrogens is 240 g/mol. The van der Waals surface area contributed by atoms with Crippen LogP contribution in [-0.2, 0) is 16.0 Å². The average molecular weight is 258 g/mol. The second kappa shape index (κ2) is 5.03. The first-order chi connectivity index (χ1) is 9.24. The van der Waals surface area contributed by atoms with Crippen molar-refractivity contribution in [2.45, 2.75) is 37.8 Å². The summed E-state index contributed by atoms with van der Waals surface area (Å²) in [6.07, 6.45) is 3.38. The van der Waals surface area contributed by atoms with E-state index in [1.165, 1.54) is 0 Å². The van der Waals surface area contributed by atoms with Crippen molar-refractivity contribution in [2.24, 2.45) is 5.92 Å². The molecule has 3 rings (SSSR count). The third-order valence-corrected chi connectivity index (χ3v) is 4.10. The number of fused-ring (bicyclic) bond motifs is 1. The van der Waals surface area contributed by atoms with Gasteiger partial charge in [-0.2, -0.15) is 0 Å². The summed E-state index contributed by atoms with van der Waals surface area (Å²) in [5.74, 6) is -0.0573. The van der Waals surface area contributed by atoms with E-state index in [9.17, 15) is 9.59 Å². The molecule has 2 N–H and O–H groups in total. The van der Waals surface area contributed by atoms with E-state index in [4.69, 9.17) is 0 Å². The molecule has 19 heavy (non-hydrogen) atoms. The Labute approximate surface area is 112 Å². The number of nitrogens with one attached hydrogen (secondary N) is 2. The molecule has 1 aromatic rings. The van der Waals surface area contributed by atoms with Gasteiger partial charge >= 0.3 is 0 Å². The number of hydrogen-bond donors (Lipinski definition) is 2. The fourth-order valence-corrected chi connectivity index (χ4v) is 3.07. The second-order valence-electron chi connectivity index (χ2n) is 5.40. The van der Waals surface area contributed by atoms with Crippen molar-refractivity contribution in [2.75, 3.05) is 0 Å². The third kappa shape index (κ3) is 2.48. The van der Waals surface area contributed by atoms with Gasteiger partial charge in [0.2, 0.25) is 11.8 Å². The highest BCUT2D eigenvalue weighted by Crippen LogP contribution is 2.27. The summed E-state index contributed by atoms with van der Waals surface area (Å²) in [6.45, 7) is 0. The third-order valence-electron chi connectivity index (χ3n) is 4.10. The van der Waals surface area contributed by atoms with Gasteiger partial charge in [0, 0.05) is 12.5 Å². The topological polar surface area (TPSA) is 58.2 Å². The zero-order chi connectivity index (χ0) is 13.2. The standard InChI is InChI=1S/C15H18N2O2/c18-14-11-7-4-8-12(11)16-15(19)13(17-14)9-10-5-2-1-3-6-10/h1-3,5-6,11-13H,4,7-9H2,(H,16,19)(H,17,18)/t11?,12?,13-/m0/s1. The fraction of sp³-hybridized carbons (Fsp3) is 0.467. The first-order valence-electron chi connectivity index (χ1n) is 6.89. The van der Waals surface area contributed by atoms with Gasteiger partial charge < -0.3 is 10.6 Å². The fourth-order valence-electron chi connectivity index (χ4n) is 3.07. The molecule has 1 saturated heterocycles. The zero-order valence-electron chi connectivity index (χ0n) is 10.8. The molecular formula is C15H18N2O2. The van der Waals surface area contributed by atoms with Gasteiger partial charge in [0.15, 0.2) is 0 Å². The lowest BCUT2D eigenvalue weighted by molar-refractivity contribution is -0.127. The molecule has 2 fully saturated rings. The van der Waals surface area contributed by atoms with E-state index in [1.54, 1.807) is 0 Å². The molecule has 1 heterocycles. The van der Waals surface area contributed by atoms with Crippen LogP contribution < -0.4 is 10.6 Å². The van der Waals surface area contributed by atoms with Crippen molar-refractivity contribution in [1.29, 1.82) is 0 Å². The van der Waals surface area contributed by atoms with Crippen molar-refractivity contribution >= 4 is 11.8 Å². The molecule has 1 aliphatic carbocycles.